The van der Waals surface area contributed by atoms with Gasteiger partial charge in [-0.1, -0.05) is 44.6 Å². The minimum Gasteiger partial charge on any atom is -0.488 e. The summed E-state index contributed by atoms with van der Waals surface area (Å²) in [4.78, 5) is 0. The van der Waals surface area contributed by atoms with Gasteiger partial charge in [0.05, 0.1) is 11.8 Å². The molecule has 1 aromatic carbocycles. The molecule has 3 N–H and O–H groups in total. The fraction of sp³-hybridized carbons (Fsp3) is 0.706. The van der Waals surface area contributed by atoms with Crippen molar-refractivity contribution in [2.75, 3.05) is 18.1 Å². The molecule has 9 atom stereocenters. The molecule has 4 aliphatic rings. The summed E-state index contributed by atoms with van der Waals surface area (Å²) in [5.41, 5.74) is 10.2. The molecule has 3 fully saturated rings. The summed E-state index contributed by atoms with van der Waals surface area (Å²) in [7, 11) is 1.94. The van der Waals surface area contributed by atoms with Gasteiger partial charge >= 0.3 is 0 Å². The molecule has 3 saturated carbocycles. The maximum Gasteiger partial charge on any atom is 0.142 e. The van der Waals surface area contributed by atoms with E-state index in [1.165, 1.54) is 50.5 Å². The number of anilines is 2. The van der Waals surface area contributed by atoms with Crippen molar-refractivity contribution in [2.45, 2.75) is 98.5 Å². The van der Waals surface area contributed by atoms with Crippen molar-refractivity contribution in [2.24, 2.45) is 46.3 Å². The average Bonchev–Trinajstić information content (AvgIpc) is 3.22. The summed E-state index contributed by atoms with van der Waals surface area (Å²) in [6.45, 7) is 12.3. The number of rotatable bonds is 7. The first-order valence-electron chi connectivity index (χ1n) is 15.2. The van der Waals surface area contributed by atoms with Crippen molar-refractivity contribution in [1.29, 1.82) is 0 Å². The number of hydrogen-bond donors (Lipinski definition) is 2. The lowest BCUT2D eigenvalue weighted by Gasteiger charge is -2.59. The Bertz CT molecular complexity index is 1020. The predicted molar refractivity (Wildman–Crippen MR) is 158 cm³/mol. The van der Waals surface area contributed by atoms with Crippen LogP contribution in [0.4, 0.5) is 11.4 Å². The largest absolute Gasteiger partial charge is 0.488 e. The van der Waals surface area contributed by atoms with Gasteiger partial charge in [0.1, 0.15) is 5.75 Å². The molecular weight excluding hydrogens is 452 g/mol. The maximum atomic E-state index is 6.58. The SMILES string of the molecule is CNc1cc(N)ccc1OC1CCC2(C)C(C=CC3C2CCC2(C)C(C(C)CCC=C(C)C)CCC32)C1. The molecule has 0 aliphatic heterocycles. The molecule has 0 amide bonds. The van der Waals surface area contributed by atoms with Gasteiger partial charge in [-0.15, -0.1) is 0 Å². The highest BCUT2D eigenvalue weighted by molar-refractivity contribution is 5.63. The third-order valence-electron chi connectivity index (χ3n) is 11.6. The van der Waals surface area contributed by atoms with Crippen molar-refractivity contribution >= 4 is 11.4 Å². The standard InChI is InChI=1S/C34H52N2O/c1-22(2)8-7-9-23(3)28-13-14-29-27-12-10-24-20-26(37-32-15-11-25(35)21-31(32)36-6)16-18-33(24,4)30(27)17-19-34(28,29)5/h8,10-12,15,21,23-24,26-30,36H,7,9,13-14,16-20,35H2,1-6H3. The first-order valence-corrected chi connectivity index (χ1v) is 15.2. The predicted octanol–water partition coefficient (Wildman–Crippen LogP) is 8.88. The Morgan fingerprint density at radius 2 is 1.84 bits per heavy atom. The van der Waals surface area contributed by atoms with E-state index in [2.05, 4.69) is 58.2 Å². The van der Waals surface area contributed by atoms with Crippen LogP contribution in [0.2, 0.25) is 0 Å². The zero-order valence-electron chi connectivity index (χ0n) is 24.4. The fourth-order valence-electron chi connectivity index (χ4n) is 9.53. The third-order valence-corrected chi connectivity index (χ3v) is 11.6. The summed E-state index contributed by atoms with van der Waals surface area (Å²) in [5, 5.41) is 3.26. The Morgan fingerprint density at radius 3 is 2.59 bits per heavy atom. The Kier molecular flexibility index (Phi) is 7.46. The van der Waals surface area contributed by atoms with Crippen LogP contribution < -0.4 is 15.8 Å². The van der Waals surface area contributed by atoms with E-state index >= 15 is 0 Å². The summed E-state index contributed by atoms with van der Waals surface area (Å²) >= 11 is 0. The van der Waals surface area contributed by atoms with Gasteiger partial charge < -0.3 is 15.8 Å². The first kappa shape index (κ1) is 26.7. The van der Waals surface area contributed by atoms with Crippen LogP contribution in [-0.4, -0.2) is 13.2 Å². The molecule has 0 bridgehead atoms. The van der Waals surface area contributed by atoms with Gasteiger partial charge in [0.15, 0.2) is 0 Å². The van der Waals surface area contributed by atoms with E-state index in [1.54, 1.807) is 0 Å². The van der Waals surface area contributed by atoms with Crippen molar-refractivity contribution < 1.29 is 4.74 Å². The molecule has 0 spiro atoms. The monoisotopic (exact) mass is 504 g/mol. The average molecular weight is 505 g/mol. The first-order chi connectivity index (χ1) is 17.7. The summed E-state index contributed by atoms with van der Waals surface area (Å²) < 4.78 is 6.58. The Hall–Kier alpha value is -1.90. The number of allylic oxidation sites excluding steroid dienone is 4. The van der Waals surface area contributed by atoms with E-state index in [0.29, 0.717) is 16.7 Å². The van der Waals surface area contributed by atoms with Crippen LogP contribution in [0.3, 0.4) is 0 Å². The maximum absolute atomic E-state index is 6.58. The van der Waals surface area contributed by atoms with Gasteiger partial charge in [-0.05, 0) is 136 Å². The fourth-order valence-corrected chi connectivity index (χ4v) is 9.53. The van der Waals surface area contributed by atoms with Gasteiger partial charge in [-0.2, -0.15) is 0 Å². The van der Waals surface area contributed by atoms with Crippen LogP contribution in [0.1, 0.15) is 92.4 Å². The summed E-state index contributed by atoms with van der Waals surface area (Å²) in [5.74, 6) is 5.79. The normalized spacial score (nSPS) is 39.2. The molecule has 0 radical (unpaired) electrons. The van der Waals surface area contributed by atoms with E-state index in [9.17, 15) is 0 Å². The van der Waals surface area contributed by atoms with Crippen molar-refractivity contribution in [3.8, 4) is 5.75 Å². The molecule has 0 aromatic heterocycles. The number of benzene rings is 1. The Balaban J connectivity index is 1.28. The molecule has 0 heterocycles. The molecule has 37 heavy (non-hydrogen) atoms. The summed E-state index contributed by atoms with van der Waals surface area (Å²) in [6, 6.07) is 5.95. The zero-order valence-corrected chi connectivity index (χ0v) is 24.4. The van der Waals surface area contributed by atoms with Crippen LogP contribution in [-0.2, 0) is 0 Å². The molecular formula is C34H52N2O. The van der Waals surface area contributed by atoms with Gasteiger partial charge in [0.2, 0.25) is 0 Å². The second-order valence-electron chi connectivity index (χ2n) is 13.9. The van der Waals surface area contributed by atoms with E-state index in [-0.39, 0.29) is 6.10 Å². The van der Waals surface area contributed by atoms with Crippen LogP contribution in [0.5, 0.6) is 5.75 Å². The quantitative estimate of drug-likeness (QED) is 0.288. The van der Waals surface area contributed by atoms with Gasteiger partial charge in [-0.25, -0.2) is 0 Å². The van der Waals surface area contributed by atoms with Gasteiger partial charge in [-0.3, -0.25) is 0 Å². The summed E-state index contributed by atoms with van der Waals surface area (Å²) in [6.07, 6.45) is 20.0. The minimum absolute atomic E-state index is 0.279. The highest BCUT2D eigenvalue weighted by Crippen LogP contribution is 2.67. The van der Waals surface area contributed by atoms with Crippen molar-refractivity contribution in [1.82, 2.24) is 0 Å². The zero-order chi connectivity index (χ0) is 26.4. The van der Waals surface area contributed by atoms with Gasteiger partial charge in [0.25, 0.3) is 0 Å². The van der Waals surface area contributed by atoms with Crippen LogP contribution in [0.25, 0.3) is 0 Å². The molecule has 204 valence electrons. The minimum atomic E-state index is 0.279. The van der Waals surface area contributed by atoms with Crippen LogP contribution >= 0.6 is 0 Å². The number of nitrogens with one attached hydrogen (secondary N) is 1. The highest BCUT2D eigenvalue weighted by Gasteiger charge is 2.59. The molecule has 4 aliphatic carbocycles. The third kappa shape index (κ3) is 4.85. The van der Waals surface area contributed by atoms with Crippen LogP contribution in [0.15, 0.2) is 42.0 Å². The van der Waals surface area contributed by atoms with E-state index < -0.39 is 0 Å². The number of fused-ring (bicyclic) bond motifs is 5. The molecule has 3 heteroatoms. The lowest BCUT2D eigenvalue weighted by molar-refractivity contribution is -0.0781. The molecule has 0 saturated heterocycles. The highest BCUT2D eigenvalue weighted by atomic mass is 16.5. The topological polar surface area (TPSA) is 47.3 Å². The lowest BCUT2D eigenvalue weighted by Crippen LogP contribution is -2.52. The Morgan fingerprint density at radius 1 is 1.08 bits per heavy atom. The number of hydrogen-bond acceptors (Lipinski definition) is 3. The second-order valence-corrected chi connectivity index (χ2v) is 13.9. The molecule has 9 unspecified atom stereocenters. The number of ether oxygens (including phenoxy) is 1. The van der Waals surface area contributed by atoms with Gasteiger partial charge in [0, 0.05) is 12.7 Å². The van der Waals surface area contributed by atoms with E-state index in [0.717, 1.165) is 59.6 Å². The number of nitrogen functional groups attached to an aromatic ring is 1. The van der Waals surface area contributed by atoms with Crippen LogP contribution in [0, 0.1) is 46.3 Å². The smallest absolute Gasteiger partial charge is 0.142 e. The molecule has 3 nitrogen and oxygen atoms in total. The van der Waals surface area contributed by atoms with Crippen molar-refractivity contribution in [3.05, 3.63) is 42.0 Å². The second kappa shape index (κ2) is 10.3. The van der Waals surface area contributed by atoms with Crippen molar-refractivity contribution in [3.63, 3.8) is 0 Å². The van der Waals surface area contributed by atoms with E-state index in [4.69, 9.17) is 10.5 Å². The van der Waals surface area contributed by atoms with E-state index in [1.807, 2.05) is 25.2 Å². The lowest BCUT2D eigenvalue weighted by atomic mass is 9.46. The molecule has 5 rings (SSSR count). The Labute approximate surface area is 226 Å². The molecule has 1 aromatic rings. The number of nitrogens with two attached hydrogens (primary N) is 1.